The van der Waals surface area contributed by atoms with Crippen LogP contribution in [0.5, 0.6) is 0 Å². The SMILES string of the molecule is Cn1ccnc1-c1ccc2c(=O)n3c(nc2c1)CCC1(CC3)OCCO1. The molecule has 0 amide bonds. The van der Waals surface area contributed by atoms with Crippen molar-refractivity contribution in [2.45, 2.75) is 31.6 Å². The maximum absolute atomic E-state index is 13.0. The summed E-state index contributed by atoms with van der Waals surface area (Å²) in [6, 6.07) is 5.73. The first-order valence-electron chi connectivity index (χ1n) is 8.94. The highest BCUT2D eigenvalue weighted by molar-refractivity contribution is 5.82. The Hall–Kier alpha value is -2.51. The van der Waals surface area contributed by atoms with Crippen LogP contribution in [0.15, 0.2) is 35.4 Å². The highest BCUT2D eigenvalue weighted by atomic mass is 16.7. The number of benzene rings is 1. The molecule has 7 nitrogen and oxygen atoms in total. The molecule has 3 aromatic rings. The van der Waals surface area contributed by atoms with Crippen LogP contribution in [0, 0.1) is 0 Å². The lowest BCUT2D eigenvalue weighted by molar-refractivity contribution is -0.165. The zero-order chi connectivity index (χ0) is 17.7. The van der Waals surface area contributed by atoms with Crippen LogP contribution < -0.4 is 5.56 Å². The Kier molecular flexibility index (Phi) is 3.48. The second-order valence-corrected chi connectivity index (χ2v) is 6.94. The number of hydrogen-bond donors (Lipinski definition) is 0. The number of rotatable bonds is 1. The van der Waals surface area contributed by atoms with Gasteiger partial charge >= 0.3 is 0 Å². The lowest BCUT2D eigenvalue weighted by Gasteiger charge is -2.24. The van der Waals surface area contributed by atoms with Crippen LogP contribution in [0.1, 0.15) is 18.7 Å². The first-order chi connectivity index (χ1) is 12.7. The molecule has 7 heteroatoms. The molecule has 1 spiro atoms. The molecule has 134 valence electrons. The van der Waals surface area contributed by atoms with Crippen LogP contribution in [-0.4, -0.2) is 38.1 Å². The van der Waals surface area contributed by atoms with Gasteiger partial charge in [0.1, 0.15) is 11.6 Å². The molecule has 4 heterocycles. The third-order valence-corrected chi connectivity index (χ3v) is 5.37. The van der Waals surface area contributed by atoms with E-state index in [9.17, 15) is 4.79 Å². The van der Waals surface area contributed by atoms with Gasteiger partial charge in [0.25, 0.3) is 5.56 Å². The fourth-order valence-electron chi connectivity index (χ4n) is 3.97. The van der Waals surface area contributed by atoms with Gasteiger partial charge in [-0.3, -0.25) is 9.36 Å². The van der Waals surface area contributed by atoms with Crippen LogP contribution in [0.2, 0.25) is 0 Å². The summed E-state index contributed by atoms with van der Waals surface area (Å²) < 4.78 is 15.4. The van der Waals surface area contributed by atoms with E-state index in [4.69, 9.17) is 14.5 Å². The van der Waals surface area contributed by atoms with Gasteiger partial charge in [-0.25, -0.2) is 9.97 Å². The molecule has 0 radical (unpaired) electrons. The summed E-state index contributed by atoms with van der Waals surface area (Å²) in [5, 5.41) is 0.635. The van der Waals surface area contributed by atoms with Gasteiger partial charge in [0, 0.05) is 50.8 Å². The topological polar surface area (TPSA) is 71.2 Å². The molecule has 0 N–H and O–H groups in total. The van der Waals surface area contributed by atoms with E-state index in [1.54, 1.807) is 10.8 Å². The summed E-state index contributed by atoms with van der Waals surface area (Å²) in [5.74, 6) is 1.11. The van der Waals surface area contributed by atoms with Crippen molar-refractivity contribution >= 4 is 10.9 Å². The van der Waals surface area contributed by atoms with E-state index in [2.05, 4.69) is 4.98 Å². The van der Waals surface area contributed by atoms with E-state index >= 15 is 0 Å². The van der Waals surface area contributed by atoms with Gasteiger partial charge < -0.3 is 14.0 Å². The third kappa shape index (κ3) is 2.39. The summed E-state index contributed by atoms with van der Waals surface area (Å²) in [5.41, 5.74) is 1.67. The van der Waals surface area contributed by atoms with Crippen molar-refractivity contribution < 1.29 is 9.47 Å². The van der Waals surface area contributed by atoms with Crippen molar-refractivity contribution in [3.63, 3.8) is 0 Å². The van der Waals surface area contributed by atoms with E-state index < -0.39 is 5.79 Å². The van der Waals surface area contributed by atoms with Crippen molar-refractivity contribution in [1.82, 2.24) is 19.1 Å². The standard InChI is InChI=1S/C19H20N4O3/c1-22-9-7-20-17(22)13-2-3-14-15(12-13)21-16-4-5-19(25-10-11-26-19)6-8-23(16)18(14)24/h2-3,7,9,12H,4-6,8,10-11H2,1H3. The highest BCUT2D eigenvalue weighted by Crippen LogP contribution is 2.32. The zero-order valence-electron chi connectivity index (χ0n) is 14.6. The molecular formula is C19H20N4O3. The van der Waals surface area contributed by atoms with E-state index in [-0.39, 0.29) is 5.56 Å². The van der Waals surface area contributed by atoms with E-state index in [1.165, 1.54) is 0 Å². The highest BCUT2D eigenvalue weighted by Gasteiger charge is 2.38. The monoisotopic (exact) mass is 352 g/mol. The summed E-state index contributed by atoms with van der Waals surface area (Å²) >= 11 is 0. The maximum atomic E-state index is 13.0. The van der Waals surface area contributed by atoms with Gasteiger partial charge in [0.05, 0.1) is 24.1 Å². The molecule has 0 saturated carbocycles. The average Bonchev–Trinajstić information content (AvgIpc) is 3.24. The molecule has 0 unspecified atom stereocenters. The molecule has 0 aliphatic carbocycles. The maximum Gasteiger partial charge on any atom is 0.261 e. The van der Waals surface area contributed by atoms with E-state index in [1.807, 2.05) is 36.0 Å². The Bertz CT molecular complexity index is 1050. The predicted octanol–water partition coefficient (Wildman–Crippen LogP) is 1.88. The molecule has 0 atom stereocenters. The van der Waals surface area contributed by atoms with Crippen molar-refractivity contribution in [2.24, 2.45) is 7.05 Å². The van der Waals surface area contributed by atoms with Crippen LogP contribution in [0.25, 0.3) is 22.3 Å². The molecule has 2 aliphatic heterocycles. The lowest BCUT2D eigenvalue weighted by Crippen LogP contribution is -2.31. The molecule has 2 aromatic heterocycles. The number of nitrogens with zero attached hydrogens (tertiary/aromatic N) is 4. The number of fused-ring (bicyclic) bond motifs is 2. The van der Waals surface area contributed by atoms with E-state index in [0.29, 0.717) is 43.5 Å². The van der Waals surface area contributed by atoms with E-state index in [0.717, 1.165) is 23.6 Å². The van der Waals surface area contributed by atoms with Gasteiger partial charge in [-0.2, -0.15) is 0 Å². The van der Waals surface area contributed by atoms with Crippen LogP contribution in [-0.2, 0) is 29.5 Å². The molecule has 1 saturated heterocycles. The quantitative estimate of drug-likeness (QED) is 0.669. The van der Waals surface area contributed by atoms with Gasteiger partial charge in [-0.1, -0.05) is 6.07 Å². The van der Waals surface area contributed by atoms with Crippen LogP contribution in [0.3, 0.4) is 0 Å². The summed E-state index contributed by atoms with van der Waals surface area (Å²) in [6.07, 6.45) is 5.74. The number of hydrogen-bond acceptors (Lipinski definition) is 5. The first kappa shape index (κ1) is 15.7. The molecule has 1 aromatic carbocycles. The summed E-state index contributed by atoms with van der Waals surface area (Å²) in [7, 11) is 1.95. The number of aromatic nitrogens is 4. The predicted molar refractivity (Wildman–Crippen MR) is 95.8 cm³/mol. The fourth-order valence-corrected chi connectivity index (χ4v) is 3.97. The van der Waals surface area contributed by atoms with Gasteiger partial charge in [0.15, 0.2) is 5.79 Å². The number of imidazole rings is 1. The Labute approximate surface area is 150 Å². The minimum absolute atomic E-state index is 0.00596. The van der Waals surface area contributed by atoms with Crippen molar-refractivity contribution in [3.05, 3.63) is 46.8 Å². The van der Waals surface area contributed by atoms with Gasteiger partial charge in [0.2, 0.25) is 0 Å². The Balaban J connectivity index is 1.61. The molecule has 2 aliphatic rings. The van der Waals surface area contributed by atoms with Crippen molar-refractivity contribution in [3.8, 4) is 11.4 Å². The zero-order valence-corrected chi connectivity index (χ0v) is 14.6. The third-order valence-electron chi connectivity index (χ3n) is 5.37. The summed E-state index contributed by atoms with van der Waals surface area (Å²) in [4.78, 5) is 22.2. The Morgan fingerprint density at radius 1 is 1.19 bits per heavy atom. The van der Waals surface area contributed by atoms with Crippen LogP contribution >= 0.6 is 0 Å². The largest absolute Gasteiger partial charge is 0.347 e. The minimum atomic E-state index is -0.551. The molecule has 1 fully saturated rings. The second kappa shape index (κ2) is 5.75. The lowest BCUT2D eigenvalue weighted by atomic mass is 10.1. The number of ether oxygens (including phenoxy) is 2. The van der Waals surface area contributed by atoms with Crippen LogP contribution in [0.4, 0.5) is 0 Å². The first-order valence-corrected chi connectivity index (χ1v) is 8.94. The smallest absolute Gasteiger partial charge is 0.261 e. The Morgan fingerprint density at radius 2 is 2.04 bits per heavy atom. The average molecular weight is 352 g/mol. The van der Waals surface area contributed by atoms with Gasteiger partial charge in [-0.15, -0.1) is 0 Å². The molecule has 26 heavy (non-hydrogen) atoms. The van der Waals surface area contributed by atoms with Gasteiger partial charge in [-0.05, 0) is 12.1 Å². The number of aryl methyl sites for hydroxylation is 2. The molecule has 5 rings (SSSR count). The molecule has 0 bridgehead atoms. The second-order valence-electron chi connectivity index (χ2n) is 6.94. The molecular weight excluding hydrogens is 332 g/mol. The summed E-state index contributed by atoms with van der Waals surface area (Å²) in [6.45, 7) is 1.81. The minimum Gasteiger partial charge on any atom is -0.347 e. The fraction of sp³-hybridized carbons (Fsp3) is 0.421. The Morgan fingerprint density at radius 3 is 2.81 bits per heavy atom. The normalized spacial score (nSPS) is 19.0. The van der Waals surface area contributed by atoms with Crippen molar-refractivity contribution in [2.75, 3.05) is 13.2 Å². The van der Waals surface area contributed by atoms with Crippen molar-refractivity contribution in [1.29, 1.82) is 0 Å².